The number of carbonyl (C=O) groups is 1. The fraction of sp³-hybridized carbons (Fsp3) is 0.500. The highest BCUT2D eigenvalue weighted by Crippen LogP contribution is 2.27. The molecule has 4 heteroatoms. The Kier molecular flexibility index (Phi) is 3.32. The number of fused-ring (bicyclic) bond motifs is 1. The third kappa shape index (κ3) is 2.16. The van der Waals surface area contributed by atoms with Crippen LogP contribution in [0.2, 0.25) is 0 Å². The Morgan fingerprint density at radius 1 is 1.33 bits per heavy atom. The molecule has 2 saturated heterocycles. The van der Waals surface area contributed by atoms with Gasteiger partial charge in [0.25, 0.3) is 5.91 Å². The highest BCUT2D eigenvalue weighted by atomic mass is 127. The molecular weight excluding hydrogens is 339 g/mol. The number of likely N-dealkylation sites (tertiary alicyclic amines) is 1. The number of nitrogens with one attached hydrogen (secondary N) is 1. The van der Waals surface area contributed by atoms with Gasteiger partial charge in [-0.15, -0.1) is 0 Å². The van der Waals surface area contributed by atoms with E-state index in [1.165, 1.54) is 9.13 Å². The van der Waals surface area contributed by atoms with E-state index in [9.17, 15) is 4.79 Å². The number of aryl methyl sites for hydroxylation is 1. The summed E-state index contributed by atoms with van der Waals surface area (Å²) >= 11 is 2.29. The van der Waals surface area contributed by atoms with Gasteiger partial charge >= 0.3 is 0 Å². The van der Waals surface area contributed by atoms with Crippen molar-refractivity contribution in [1.29, 1.82) is 0 Å². The van der Waals surface area contributed by atoms with Gasteiger partial charge in [-0.05, 0) is 59.0 Å². The molecule has 2 fully saturated rings. The second-order valence-electron chi connectivity index (χ2n) is 5.35. The van der Waals surface area contributed by atoms with Crippen LogP contribution in [0.4, 0.5) is 0 Å². The first-order valence-electron chi connectivity index (χ1n) is 6.41. The zero-order valence-electron chi connectivity index (χ0n) is 10.4. The number of hydrogen-bond donors (Lipinski definition) is 1. The lowest BCUT2D eigenvalue weighted by atomic mass is 10.0. The van der Waals surface area contributed by atoms with Crippen molar-refractivity contribution in [3.63, 3.8) is 0 Å². The minimum Gasteiger partial charge on any atom is -0.338 e. The fourth-order valence-electron chi connectivity index (χ4n) is 2.93. The molecule has 0 aliphatic carbocycles. The Morgan fingerprint density at radius 3 is 2.61 bits per heavy atom. The van der Waals surface area contributed by atoms with Gasteiger partial charge in [-0.1, -0.05) is 6.07 Å². The first-order valence-corrected chi connectivity index (χ1v) is 7.49. The molecule has 3 rings (SSSR count). The molecule has 2 heterocycles. The summed E-state index contributed by atoms with van der Waals surface area (Å²) in [6, 6.07) is 5.99. The van der Waals surface area contributed by atoms with E-state index in [1.54, 1.807) is 0 Å². The maximum absolute atomic E-state index is 12.4. The summed E-state index contributed by atoms with van der Waals surface area (Å²) < 4.78 is 1.17. The van der Waals surface area contributed by atoms with Crippen LogP contribution in [0.1, 0.15) is 15.9 Å². The van der Waals surface area contributed by atoms with E-state index in [2.05, 4.69) is 34.8 Å². The zero-order valence-corrected chi connectivity index (χ0v) is 12.6. The maximum atomic E-state index is 12.4. The van der Waals surface area contributed by atoms with Crippen molar-refractivity contribution < 1.29 is 4.79 Å². The van der Waals surface area contributed by atoms with Crippen LogP contribution < -0.4 is 5.32 Å². The van der Waals surface area contributed by atoms with Crippen molar-refractivity contribution in [2.24, 2.45) is 11.8 Å². The van der Waals surface area contributed by atoms with Gasteiger partial charge in [-0.2, -0.15) is 0 Å². The number of rotatable bonds is 1. The number of amides is 1. The SMILES string of the molecule is Cc1ccc(C(=O)N2C[C@H]3CNC[C@H]3C2)cc1I. The van der Waals surface area contributed by atoms with Crippen LogP contribution in [0.15, 0.2) is 18.2 Å². The third-order valence-corrected chi connectivity index (χ3v) is 5.26. The van der Waals surface area contributed by atoms with Gasteiger partial charge in [-0.25, -0.2) is 0 Å². The average Bonchev–Trinajstić information content (AvgIpc) is 2.92. The lowest BCUT2D eigenvalue weighted by Crippen LogP contribution is -2.31. The van der Waals surface area contributed by atoms with Crippen LogP contribution in [0.3, 0.4) is 0 Å². The van der Waals surface area contributed by atoms with E-state index in [1.807, 2.05) is 23.1 Å². The number of carbonyl (C=O) groups excluding carboxylic acids is 1. The Hall–Kier alpha value is -0.620. The highest BCUT2D eigenvalue weighted by Gasteiger charge is 2.38. The van der Waals surface area contributed by atoms with E-state index in [0.717, 1.165) is 31.7 Å². The molecule has 1 aromatic rings. The van der Waals surface area contributed by atoms with Crippen molar-refractivity contribution >= 4 is 28.5 Å². The van der Waals surface area contributed by atoms with Gasteiger partial charge in [-0.3, -0.25) is 4.79 Å². The lowest BCUT2D eigenvalue weighted by Gasteiger charge is -2.18. The monoisotopic (exact) mass is 356 g/mol. The molecule has 96 valence electrons. The van der Waals surface area contributed by atoms with E-state index >= 15 is 0 Å². The third-order valence-electron chi connectivity index (χ3n) is 4.10. The number of benzene rings is 1. The predicted octanol–water partition coefficient (Wildman–Crippen LogP) is 1.89. The Bertz CT molecular complexity index is 477. The van der Waals surface area contributed by atoms with Crippen LogP contribution in [0.25, 0.3) is 0 Å². The van der Waals surface area contributed by atoms with Gasteiger partial charge in [0, 0.05) is 35.3 Å². The molecule has 0 unspecified atom stereocenters. The first kappa shape index (κ1) is 12.4. The normalized spacial score (nSPS) is 26.4. The standard InChI is InChI=1S/C14H17IN2O/c1-9-2-3-10(4-13(9)15)14(18)17-7-11-5-16-6-12(11)8-17/h2-4,11-12,16H,5-8H2,1H3/t11-,12+. The van der Waals surface area contributed by atoms with Gasteiger partial charge in [0.2, 0.25) is 0 Å². The van der Waals surface area contributed by atoms with E-state index in [0.29, 0.717) is 11.8 Å². The second kappa shape index (κ2) is 4.81. The van der Waals surface area contributed by atoms with Gasteiger partial charge in [0.15, 0.2) is 0 Å². The highest BCUT2D eigenvalue weighted by molar-refractivity contribution is 14.1. The minimum atomic E-state index is 0.197. The molecule has 0 aromatic heterocycles. The van der Waals surface area contributed by atoms with E-state index < -0.39 is 0 Å². The minimum absolute atomic E-state index is 0.197. The summed E-state index contributed by atoms with van der Waals surface area (Å²) in [5.74, 6) is 1.53. The van der Waals surface area contributed by atoms with E-state index in [-0.39, 0.29) is 5.91 Å². The van der Waals surface area contributed by atoms with Gasteiger partial charge in [0.05, 0.1) is 0 Å². The summed E-state index contributed by atoms with van der Waals surface area (Å²) in [5, 5.41) is 3.40. The van der Waals surface area contributed by atoms with Crippen molar-refractivity contribution in [2.75, 3.05) is 26.2 Å². The molecule has 2 aliphatic rings. The molecule has 0 spiro atoms. The maximum Gasteiger partial charge on any atom is 0.253 e. The van der Waals surface area contributed by atoms with Crippen molar-refractivity contribution in [1.82, 2.24) is 10.2 Å². The Morgan fingerprint density at radius 2 is 2.00 bits per heavy atom. The molecule has 0 radical (unpaired) electrons. The zero-order chi connectivity index (χ0) is 12.7. The molecule has 1 aromatic carbocycles. The Balaban J connectivity index is 1.77. The second-order valence-corrected chi connectivity index (χ2v) is 6.51. The van der Waals surface area contributed by atoms with Crippen LogP contribution in [0, 0.1) is 22.3 Å². The topological polar surface area (TPSA) is 32.3 Å². The average molecular weight is 356 g/mol. The molecule has 0 bridgehead atoms. The number of halogens is 1. The molecule has 0 saturated carbocycles. The predicted molar refractivity (Wildman–Crippen MR) is 79.6 cm³/mol. The molecule has 2 atom stereocenters. The van der Waals surface area contributed by atoms with Crippen molar-refractivity contribution in [3.8, 4) is 0 Å². The molecule has 3 nitrogen and oxygen atoms in total. The van der Waals surface area contributed by atoms with E-state index in [4.69, 9.17) is 0 Å². The quantitative estimate of drug-likeness (QED) is 0.780. The summed E-state index contributed by atoms with van der Waals surface area (Å²) in [4.78, 5) is 14.5. The lowest BCUT2D eigenvalue weighted by molar-refractivity contribution is 0.0781. The number of hydrogen-bond acceptors (Lipinski definition) is 2. The van der Waals surface area contributed by atoms with Gasteiger partial charge < -0.3 is 10.2 Å². The van der Waals surface area contributed by atoms with Crippen LogP contribution in [-0.4, -0.2) is 37.0 Å². The van der Waals surface area contributed by atoms with Gasteiger partial charge in [0.1, 0.15) is 0 Å². The van der Waals surface area contributed by atoms with Crippen LogP contribution in [-0.2, 0) is 0 Å². The summed E-state index contributed by atoms with van der Waals surface area (Å²) in [6.45, 7) is 6.05. The van der Waals surface area contributed by atoms with Crippen molar-refractivity contribution in [2.45, 2.75) is 6.92 Å². The smallest absolute Gasteiger partial charge is 0.253 e. The molecular formula is C14H17IN2O. The molecule has 2 aliphatic heterocycles. The first-order chi connectivity index (χ1) is 8.65. The van der Waals surface area contributed by atoms with Crippen LogP contribution in [0.5, 0.6) is 0 Å². The largest absolute Gasteiger partial charge is 0.338 e. The molecule has 1 amide bonds. The van der Waals surface area contributed by atoms with Crippen molar-refractivity contribution in [3.05, 3.63) is 32.9 Å². The Labute approximate surface area is 121 Å². The summed E-state index contributed by atoms with van der Waals surface area (Å²) in [5.41, 5.74) is 2.06. The molecule has 18 heavy (non-hydrogen) atoms. The number of nitrogens with zero attached hydrogens (tertiary/aromatic N) is 1. The summed E-state index contributed by atoms with van der Waals surface area (Å²) in [6.07, 6.45) is 0. The summed E-state index contributed by atoms with van der Waals surface area (Å²) in [7, 11) is 0. The van der Waals surface area contributed by atoms with Crippen LogP contribution >= 0.6 is 22.6 Å². The fourth-order valence-corrected chi connectivity index (χ4v) is 3.44. The molecule has 1 N–H and O–H groups in total.